The molecule has 174 valence electrons. The number of aryl methyl sites for hydroxylation is 1. The van der Waals surface area contributed by atoms with E-state index in [0.29, 0.717) is 24.2 Å². The third-order valence-electron chi connectivity index (χ3n) is 7.76. The number of rotatable bonds is 3. The number of ether oxygens (including phenoxy) is 1. The van der Waals surface area contributed by atoms with Crippen LogP contribution in [-0.4, -0.2) is 47.2 Å². The first-order valence-corrected chi connectivity index (χ1v) is 11.2. The van der Waals surface area contributed by atoms with Crippen molar-refractivity contribution in [3.8, 4) is 5.75 Å². The molecule has 0 bridgehead atoms. The van der Waals surface area contributed by atoms with Crippen LogP contribution in [-0.2, 0) is 19.9 Å². The van der Waals surface area contributed by atoms with E-state index in [1.165, 1.54) is 25.3 Å². The molecule has 1 N–H and O–H groups in total. The molecule has 4 aliphatic heterocycles. The summed E-state index contributed by atoms with van der Waals surface area (Å²) in [6.07, 6.45) is 1.50. The normalized spacial score (nSPS) is 29.4. The Bertz CT molecular complexity index is 1310. The third kappa shape index (κ3) is 2.35. The molecule has 2 aromatic rings. The molecule has 0 aliphatic carbocycles. The molecule has 6 rings (SSSR count). The largest absolute Gasteiger partial charge is 0.495 e. The fourth-order valence-corrected chi connectivity index (χ4v) is 6.52. The van der Waals surface area contributed by atoms with Gasteiger partial charge in [-0.2, -0.15) is 0 Å². The third-order valence-corrected chi connectivity index (χ3v) is 7.76. The maximum atomic E-state index is 14.1. The molecular formula is C24H22N4O6. The Morgan fingerprint density at radius 1 is 1.15 bits per heavy atom. The number of fused-ring (bicyclic) bond motifs is 7. The van der Waals surface area contributed by atoms with Crippen molar-refractivity contribution >= 4 is 34.8 Å². The first kappa shape index (κ1) is 20.8. The van der Waals surface area contributed by atoms with E-state index >= 15 is 0 Å². The summed E-state index contributed by atoms with van der Waals surface area (Å²) in [5, 5.41) is 14.4. The molecule has 4 heterocycles. The highest BCUT2D eigenvalue weighted by Crippen LogP contribution is 2.61. The smallest absolute Gasteiger partial charge is 0.271 e. The van der Waals surface area contributed by atoms with Crippen LogP contribution in [0.1, 0.15) is 24.0 Å². The minimum absolute atomic E-state index is 0.0312. The number of hydrogen-bond acceptors (Lipinski definition) is 7. The average molecular weight is 462 g/mol. The number of nitro benzene ring substituents is 1. The van der Waals surface area contributed by atoms with Gasteiger partial charge < -0.3 is 10.1 Å². The Morgan fingerprint density at radius 3 is 2.68 bits per heavy atom. The molecule has 10 nitrogen and oxygen atoms in total. The van der Waals surface area contributed by atoms with Crippen molar-refractivity contribution in [1.29, 1.82) is 0 Å². The second-order valence-electron chi connectivity index (χ2n) is 9.30. The first-order valence-electron chi connectivity index (χ1n) is 11.2. The zero-order valence-electron chi connectivity index (χ0n) is 18.6. The van der Waals surface area contributed by atoms with E-state index in [2.05, 4.69) is 5.32 Å². The molecule has 1 spiro atoms. The van der Waals surface area contributed by atoms with Crippen LogP contribution in [0.3, 0.4) is 0 Å². The maximum Gasteiger partial charge on any atom is 0.271 e. The van der Waals surface area contributed by atoms with Gasteiger partial charge in [-0.3, -0.25) is 29.4 Å². The second-order valence-corrected chi connectivity index (χ2v) is 9.30. The molecule has 4 aliphatic rings. The van der Waals surface area contributed by atoms with Crippen LogP contribution in [0.5, 0.6) is 5.75 Å². The molecular weight excluding hydrogens is 440 g/mol. The van der Waals surface area contributed by atoms with Crippen molar-refractivity contribution in [2.24, 2.45) is 11.8 Å². The van der Waals surface area contributed by atoms with Gasteiger partial charge in [-0.1, -0.05) is 17.7 Å². The van der Waals surface area contributed by atoms with Gasteiger partial charge in [0, 0.05) is 29.4 Å². The number of nitrogens with zero attached hydrogens (tertiary/aromatic N) is 3. The van der Waals surface area contributed by atoms with E-state index in [0.717, 1.165) is 16.9 Å². The SMILES string of the molecule is COc1ccc([N+](=O)[O-])cc1N1C(=O)[C@H]2[C@@H](C1=O)[C@]1(C(=O)Nc3ccc(C)cc31)N1CCC[C@@H]21. The monoisotopic (exact) mass is 462 g/mol. The minimum Gasteiger partial charge on any atom is -0.495 e. The van der Waals surface area contributed by atoms with Gasteiger partial charge in [0.05, 0.1) is 23.9 Å². The highest BCUT2D eigenvalue weighted by molar-refractivity contribution is 6.26. The topological polar surface area (TPSA) is 122 Å². The van der Waals surface area contributed by atoms with E-state index in [9.17, 15) is 24.5 Å². The van der Waals surface area contributed by atoms with Crippen LogP contribution in [0, 0.1) is 28.9 Å². The van der Waals surface area contributed by atoms with Gasteiger partial charge in [-0.05, 0) is 38.4 Å². The lowest BCUT2D eigenvalue weighted by atomic mass is 9.75. The predicted octanol–water partition coefficient (Wildman–Crippen LogP) is 2.34. The van der Waals surface area contributed by atoms with E-state index in [1.54, 1.807) is 0 Å². The number of carbonyl (C=O) groups excluding carboxylic acids is 3. The predicted molar refractivity (Wildman–Crippen MR) is 120 cm³/mol. The van der Waals surface area contributed by atoms with Gasteiger partial charge in [-0.25, -0.2) is 4.90 Å². The average Bonchev–Trinajstić information content (AvgIpc) is 3.52. The molecule has 3 saturated heterocycles. The molecule has 0 radical (unpaired) electrons. The summed E-state index contributed by atoms with van der Waals surface area (Å²) in [6, 6.07) is 9.19. The number of anilines is 2. The zero-order valence-corrected chi connectivity index (χ0v) is 18.6. The molecule has 3 amide bonds. The fourth-order valence-electron chi connectivity index (χ4n) is 6.52. The molecule has 4 atom stereocenters. The molecule has 0 unspecified atom stereocenters. The van der Waals surface area contributed by atoms with Crippen molar-refractivity contribution in [3.63, 3.8) is 0 Å². The van der Waals surface area contributed by atoms with Crippen LogP contribution < -0.4 is 15.0 Å². The summed E-state index contributed by atoms with van der Waals surface area (Å²) in [5.74, 6) is -2.77. The number of nitro groups is 1. The number of nitrogens with one attached hydrogen (secondary N) is 1. The Kier molecular flexibility index (Phi) is 4.20. The van der Waals surface area contributed by atoms with E-state index in [-0.39, 0.29) is 29.1 Å². The van der Waals surface area contributed by atoms with Crippen molar-refractivity contribution in [3.05, 3.63) is 57.6 Å². The Hall–Kier alpha value is -3.79. The highest BCUT2D eigenvalue weighted by atomic mass is 16.6. The zero-order chi connectivity index (χ0) is 23.9. The lowest BCUT2D eigenvalue weighted by Crippen LogP contribution is -2.54. The van der Waals surface area contributed by atoms with Crippen molar-refractivity contribution < 1.29 is 24.0 Å². The fraction of sp³-hybridized carbons (Fsp3) is 0.375. The van der Waals surface area contributed by atoms with Gasteiger partial charge in [-0.15, -0.1) is 0 Å². The van der Waals surface area contributed by atoms with E-state index in [4.69, 9.17) is 4.74 Å². The Morgan fingerprint density at radius 2 is 1.94 bits per heavy atom. The summed E-state index contributed by atoms with van der Waals surface area (Å²) < 4.78 is 5.35. The number of non-ortho nitro benzene ring substituents is 1. The van der Waals surface area contributed by atoms with Gasteiger partial charge in [0.25, 0.3) is 5.69 Å². The van der Waals surface area contributed by atoms with Gasteiger partial charge in [0.1, 0.15) is 17.0 Å². The molecule has 0 aromatic heterocycles. The van der Waals surface area contributed by atoms with Gasteiger partial charge in [0.2, 0.25) is 17.7 Å². The molecule has 34 heavy (non-hydrogen) atoms. The van der Waals surface area contributed by atoms with Gasteiger partial charge >= 0.3 is 0 Å². The number of carbonyl (C=O) groups is 3. The number of hydrogen-bond donors (Lipinski definition) is 1. The summed E-state index contributed by atoms with van der Waals surface area (Å²) >= 11 is 0. The van der Waals surface area contributed by atoms with Crippen molar-refractivity contribution in [2.45, 2.75) is 31.3 Å². The summed E-state index contributed by atoms with van der Waals surface area (Å²) in [5.41, 5.74) is 0.791. The number of methoxy groups -OCH3 is 1. The highest BCUT2D eigenvalue weighted by Gasteiger charge is 2.74. The van der Waals surface area contributed by atoms with Crippen molar-refractivity contribution in [2.75, 3.05) is 23.9 Å². The van der Waals surface area contributed by atoms with E-state index < -0.39 is 34.1 Å². The maximum absolute atomic E-state index is 14.1. The van der Waals surface area contributed by atoms with Crippen molar-refractivity contribution in [1.82, 2.24) is 4.90 Å². The minimum atomic E-state index is -1.29. The first-order chi connectivity index (χ1) is 16.3. The lowest BCUT2D eigenvalue weighted by Gasteiger charge is -2.36. The quantitative estimate of drug-likeness (QED) is 0.422. The summed E-state index contributed by atoms with van der Waals surface area (Å²) in [4.78, 5) is 55.4. The van der Waals surface area contributed by atoms with Crippen LogP contribution in [0.25, 0.3) is 0 Å². The van der Waals surface area contributed by atoms with Gasteiger partial charge in [0.15, 0.2) is 0 Å². The molecule has 0 saturated carbocycles. The number of benzene rings is 2. The van der Waals surface area contributed by atoms with Crippen LogP contribution in [0.4, 0.5) is 17.1 Å². The van der Waals surface area contributed by atoms with Crippen LogP contribution >= 0.6 is 0 Å². The Labute approximate surface area is 194 Å². The lowest BCUT2D eigenvalue weighted by molar-refractivity contribution is -0.384. The molecule has 10 heteroatoms. The van der Waals surface area contributed by atoms with Crippen LogP contribution in [0.2, 0.25) is 0 Å². The van der Waals surface area contributed by atoms with Crippen LogP contribution in [0.15, 0.2) is 36.4 Å². The Balaban J connectivity index is 1.56. The summed E-state index contributed by atoms with van der Waals surface area (Å²) in [7, 11) is 1.38. The number of imide groups is 1. The van der Waals surface area contributed by atoms with E-state index in [1.807, 2.05) is 30.0 Å². The number of amides is 3. The molecule has 3 fully saturated rings. The molecule has 2 aromatic carbocycles. The summed E-state index contributed by atoms with van der Waals surface area (Å²) in [6.45, 7) is 2.53. The second kappa shape index (κ2) is 6.86. The standard InChI is InChI=1S/C24H22N4O6/c1-12-5-7-15-14(10-12)24(23(31)25-15)20-19(16-4-3-9-26(16)24)21(29)27(22(20)30)17-11-13(28(32)33)6-8-18(17)34-2/h5-8,10-11,16,19-20H,3-4,9H2,1-2H3,(H,25,31)/t16-,19+,20-,24+/m0/s1.